The minimum atomic E-state index is 0.247. The van der Waals surface area contributed by atoms with Gasteiger partial charge >= 0.3 is 0 Å². The smallest absolute Gasteiger partial charge is 0.0497 e. The minimum absolute atomic E-state index is 0.247. The second-order valence-electron chi connectivity index (χ2n) is 2.14. The van der Waals surface area contributed by atoms with Crippen LogP contribution in [0.5, 0.6) is 0 Å². The Labute approximate surface area is 59.0 Å². The molecule has 1 heterocycles. The highest BCUT2D eigenvalue weighted by Crippen LogP contribution is 2.16. The van der Waals surface area contributed by atoms with E-state index in [1.165, 1.54) is 5.56 Å². The topological polar surface area (TPSA) is 20.2 Å². The van der Waals surface area contributed by atoms with Crippen LogP contribution in [0.2, 0.25) is 0 Å². The summed E-state index contributed by atoms with van der Waals surface area (Å²) in [6.07, 6.45) is 0. The van der Waals surface area contributed by atoms with E-state index in [-0.39, 0.29) is 6.61 Å². The third-order valence-corrected chi connectivity index (χ3v) is 2.09. The molecule has 50 valence electrons. The highest BCUT2D eigenvalue weighted by molar-refractivity contribution is 7.07. The van der Waals surface area contributed by atoms with Gasteiger partial charge in [-0.3, -0.25) is 0 Å². The zero-order valence-corrected chi connectivity index (χ0v) is 6.19. The lowest BCUT2D eigenvalue weighted by Crippen LogP contribution is -1.95. The molecular formula is C7H10OS. The molecule has 1 nitrogen and oxygen atoms in total. The Kier molecular flexibility index (Phi) is 2.25. The Bertz CT molecular complexity index is 157. The molecule has 1 aromatic heterocycles. The van der Waals surface area contributed by atoms with Crippen LogP contribution in [0.15, 0.2) is 16.8 Å². The molecule has 1 unspecified atom stereocenters. The van der Waals surface area contributed by atoms with Crippen molar-refractivity contribution in [2.45, 2.75) is 12.8 Å². The molecule has 1 atom stereocenters. The molecular weight excluding hydrogens is 132 g/mol. The van der Waals surface area contributed by atoms with Crippen LogP contribution in [-0.4, -0.2) is 11.7 Å². The van der Waals surface area contributed by atoms with Gasteiger partial charge in [-0.15, -0.1) is 0 Å². The fourth-order valence-electron chi connectivity index (χ4n) is 0.661. The van der Waals surface area contributed by atoms with E-state index in [0.717, 1.165) is 0 Å². The van der Waals surface area contributed by atoms with E-state index < -0.39 is 0 Å². The number of hydrogen-bond acceptors (Lipinski definition) is 2. The van der Waals surface area contributed by atoms with Gasteiger partial charge in [0.1, 0.15) is 0 Å². The molecule has 0 spiro atoms. The summed E-state index contributed by atoms with van der Waals surface area (Å²) < 4.78 is 0. The third-order valence-electron chi connectivity index (χ3n) is 1.39. The predicted molar refractivity (Wildman–Crippen MR) is 39.8 cm³/mol. The summed E-state index contributed by atoms with van der Waals surface area (Å²) in [4.78, 5) is 0. The van der Waals surface area contributed by atoms with Gasteiger partial charge in [-0.2, -0.15) is 11.3 Å². The Morgan fingerprint density at radius 1 is 1.78 bits per heavy atom. The van der Waals surface area contributed by atoms with Crippen LogP contribution in [0.1, 0.15) is 18.4 Å². The average molecular weight is 142 g/mol. The Morgan fingerprint density at radius 3 is 3.00 bits per heavy atom. The van der Waals surface area contributed by atoms with E-state index >= 15 is 0 Å². The molecule has 0 aliphatic rings. The second-order valence-corrected chi connectivity index (χ2v) is 2.92. The van der Waals surface area contributed by atoms with Crippen molar-refractivity contribution < 1.29 is 5.11 Å². The molecule has 0 saturated heterocycles. The van der Waals surface area contributed by atoms with Crippen LogP contribution < -0.4 is 0 Å². The highest BCUT2D eigenvalue weighted by Gasteiger charge is 2.01. The molecule has 9 heavy (non-hydrogen) atoms. The maximum absolute atomic E-state index is 8.71. The van der Waals surface area contributed by atoms with Crippen molar-refractivity contribution in [1.29, 1.82) is 0 Å². The Hall–Kier alpha value is -0.340. The van der Waals surface area contributed by atoms with Crippen LogP contribution in [-0.2, 0) is 0 Å². The summed E-state index contributed by atoms with van der Waals surface area (Å²) in [5, 5.41) is 12.8. The van der Waals surface area contributed by atoms with E-state index in [2.05, 4.69) is 5.38 Å². The van der Waals surface area contributed by atoms with E-state index in [4.69, 9.17) is 5.11 Å². The van der Waals surface area contributed by atoms with Gasteiger partial charge in [-0.05, 0) is 22.4 Å². The van der Waals surface area contributed by atoms with Crippen LogP contribution in [0.25, 0.3) is 0 Å². The monoisotopic (exact) mass is 142 g/mol. The van der Waals surface area contributed by atoms with Crippen molar-refractivity contribution in [2.75, 3.05) is 6.61 Å². The number of thiophene rings is 1. The first-order chi connectivity index (χ1) is 4.34. The van der Waals surface area contributed by atoms with Gasteiger partial charge in [0.15, 0.2) is 0 Å². The van der Waals surface area contributed by atoms with Crippen LogP contribution in [0.3, 0.4) is 0 Å². The summed E-state index contributed by atoms with van der Waals surface area (Å²) in [5.74, 6) is 0.302. The van der Waals surface area contributed by atoms with Crippen molar-refractivity contribution in [3.8, 4) is 0 Å². The van der Waals surface area contributed by atoms with Gasteiger partial charge in [-0.1, -0.05) is 6.92 Å². The van der Waals surface area contributed by atoms with E-state index in [1.807, 2.05) is 18.4 Å². The van der Waals surface area contributed by atoms with Gasteiger partial charge in [-0.25, -0.2) is 0 Å². The fraction of sp³-hybridized carbons (Fsp3) is 0.429. The molecule has 1 rings (SSSR count). The van der Waals surface area contributed by atoms with Crippen molar-refractivity contribution in [2.24, 2.45) is 0 Å². The average Bonchev–Trinajstić information content (AvgIpc) is 2.37. The summed E-state index contributed by atoms with van der Waals surface area (Å²) in [6.45, 7) is 2.26. The standard InChI is InChI=1S/C7H10OS/c1-6(4-8)7-2-3-9-5-7/h2-3,5-6,8H,4H2,1H3. The molecule has 0 aliphatic carbocycles. The zero-order chi connectivity index (χ0) is 6.69. The largest absolute Gasteiger partial charge is 0.396 e. The van der Waals surface area contributed by atoms with E-state index in [1.54, 1.807) is 11.3 Å². The van der Waals surface area contributed by atoms with E-state index in [0.29, 0.717) is 5.92 Å². The van der Waals surface area contributed by atoms with Crippen LogP contribution >= 0.6 is 11.3 Å². The Morgan fingerprint density at radius 2 is 2.56 bits per heavy atom. The highest BCUT2D eigenvalue weighted by atomic mass is 32.1. The zero-order valence-electron chi connectivity index (χ0n) is 5.37. The molecule has 1 N–H and O–H groups in total. The van der Waals surface area contributed by atoms with Gasteiger partial charge in [0.25, 0.3) is 0 Å². The predicted octanol–water partition coefficient (Wildman–Crippen LogP) is 1.84. The number of aliphatic hydroxyl groups excluding tert-OH is 1. The molecule has 0 aromatic carbocycles. The van der Waals surface area contributed by atoms with Gasteiger partial charge in [0.2, 0.25) is 0 Å². The summed E-state index contributed by atoms with van der Waals surface area (Å²) >= 11 is 1.67. The van der Waals surface area contributed by atoms with Crippen molar-refractivity contribution in [3.63, 3.8) is 0 Å². The van der Waals surface area contributed by atoms with Crippen LogP contribution in [0.4, 0.5) is 0 Å². The first-order valence-electron chi connectivity index (χ1n) is 2.97. The first kappa shape index (κ1) is 6.78. The quantitative estimate of drug-likeness (QED) is 0.668. The number of rotatable bonds is 2. The molecule has 0 amide bonds. The second kappa shape index (κ2) is 2.99. The molecule has 0 aliphatic heterocycles. The van der Waals surface area contributed by atoms with E-state index in [9.17, 15) is 0 Å². The Balaban J connectivity index is 2.65. The normalized spacial score (nSPS) is 13.6. The van der Waals surface area contributed by atoms with Crippen LogP contribution in [0, 0.1) is 0 Å². The SMILES string of the molecule is CC(CO)c1ccsc1. The summed E-state index contributed by atoms with van der Waals surface area (Å²) in [5.41, 5.74) is 1.24. The first-order valence-corrected chi connectivity index (χ1v) is 3.92. The molecule has 2 heteroatoms. The third kappa shape index (κ3) is 1.53. The lowest BCUT2D eigenvalue weighted by molar-refractivity contribution is 0.273. The van der Waals surface area contributed by atoms with Crippen molar-refractivity contribution >= 4 is 11.3 Å². The van der Waals surface area contributed by atoms with Gasteiger partial charge < -0.3 is 5.11 Å². The lowest BCUT2D eigenvalue weighted by atomic mass is 10.1. The number of aliphatic hydroxyl groups is 1. The van der Waals surface area contributed by atoms with Gasteiger partial charge in [0, 0.05) is 12.5 Å². The molecule has 0 saturated carbocycles. The van der Waals surface area contributed by atoms with Crippen molar-refractivity contribution in [3.05, 3.63) is 22.4 Å². The molecule has 0 fully saturated rings. The fourth-order valence-corrected chi connectivity index (χ4v) is 1.44. The number of hydrogen-bond donors (Lipinski definition) is 1. The van der Waals surface area contributed by atoms with Crippen molar-refractivity contribution in [1.82, 2.24) is 0 Å². The maximum atomic E-state index is 8.71. The summed E-state index contributed by atoms with van der Waals surface area (Å²) in [6, 6.07) is 2.05. The molecule has 0 bridgehead atoms. The minimum Gasteiger partial charge on any atom is -0.396 e. The van der Waals surface area contributed by atoms with Gasteiger partial charge in [0.05, 0.1) is 0 Å². The molecule has 1 aromatic rings. The summed E-state index contributed by atoms with van der Waals surface area (Å²) in [7, 11) is 0. The lowest BCUT2D eigenvalue weighted by Gasteiger charge is -2.01. The molecule has 0 radical (unpaired) electrons. The maximum Gasteiger partial charge on any atom is 0.0497 e.